The molecule has 15 heavy (non-hydrogen) atoms. The highest BCUT2D eigenvalue weighted by atomic mass is 32.2. The van der Waals surface area contributed by atoms with E-state index in [0.717, 1.165) is 16.6 Å². The number of nitrogens with zero attached hydrogens (tertiary/aromatic N) is 4. The van der Waals surface area contributed by atoms with Crippen molar-refractivity contribution in [1.29, 1.82) is 0 Å². The standard InChI is InChI=1S/C9H9N5S/c1-2-4-10-7(3-1)8-5-15-9-12-11-6-14(9)13-8/h1-4,6,8,13H,5H2. The number of hydrogen-bond acceptors (Lipinski definition) is 5. The van der Waals surface area contributed by atoms with Gasteiger partial charge in [-0.2, -0.15) is 0 Å². The lowest BCUT2D eigenvalue weighted by molar-refractivity contribution is 0.647. The van der Waals surface area contributed by atoms with Crippen molar-refractivity contribution in [1.82, 2.24) is 19.9 Å². The van der Waals surface area contributed by atoms with Gasteiger partial charge in [-0.05, 0) is 12.1 Å². The van der Waals surface area contributed by atoms with Gasteiger partial charge in [0.15, 0.2) is 0 Å². The largest absolute Gasteiger partial charge is 0.313 e. The van der Waals surface area contributed by atoms with Crippen LogP contribution in [0.1, 0.15) is 11.7 Å². The van der Waals surface area contributed by atoms with Crippen LogP contribution in [-0.4, -0.2) is 25.6 Å². The second kappa shape index (κ2) is 3.54. The van der Waals surface area contributed by atoms with Crippen LogP contribution in [0.4, 0.5) is 0 Å². The molecular weight excluding hydrogens is 210 g/mol. The summed E-state index contributed by atoms with van der Waals surface area (Å²) in [6.07, 6.45) is 3.49. The van der Waals surface area contributed by atoms with Crippen LogP contribution >= 0.6 is 11.8 Å². The van der Waals surface area contributed by atoms with Crippen molar-refractivity contribution in [2.24, 2.45) is 0 Å². The topological polar surface area (TPSA) is 55.6 Å². The lowest BCUT2D eigenvalue weighted by atomic mass is 10.2. The average molecular weight is 219 g/mol. The smallest absolute Gasteiger partial charge is 0.209 e. The molecule has 1 atom stereocenters. The summed E-state index contributed by atoms with van der Waals surface area (Å²) >= 11 is 1.69. The molecule has 0 aromatic carbocycles. The van der Waals surface area contributed by atoms with E-state index in [1.165, 1.54) is 0 Å². The summed E-state index contributed by atoms with van der Waals surface area (Å²) in [5.74, 6) is 0.926. The van der Waals surface area contributed by atoms with E-state index in [1.54, 1.807) is 18.1 Å². The van der Waals surface area contributed by atoms with Crippen LogP contribution in [0.15, 0.2) is 35.9 Å². The van der Waals surface area contributed by atoms with Crippen molar-refractivity contribution in [3.63, 3.8) is 0 Å². The van der Waals surface area contributed by atoms with E-state index >= 15 is 0 Å². The van der Waals surface area contributed by atoms with Gasteiger partial charge in [-0.1, -0.05) is 17.8 Å². The average Bonchev–Trinajstić information content (AvgIpc) is 2.77. The third-order valence-electron chi connectivity index (χ3n) is 2.24. The van der Waals surface area contributed by atoms with Gasteiger partial charge in [0.05, 0.1) is 11.7 Å². The number of fused-ring (bicyclic) bond motifs is 1. The highest BCUT2D eigenvalue weighted by Crippen LogP contribution is 2.27. The first-order valence-electron chi connectivity index (χ1n) is 4.64. The zero-order valence-corrected chi connectivity index (χ0v) is 8.68. The quantitative estimate of drug-likeness (QED) is 0.777. The van der Waals surface area contributed by atoms with Crippen LogP contribution in [0.2, 0.25) is 0 Å². The van der Waals surface area contributed by atoms with Gasteiger partial charge in [0.1, 0.15) is 6.33 Å². The minimum atomic E-state index is 0.222. The first kappa shape index (κ1) is 8.72. The summed E-state index contributed by atoms with van der Waals surface area (Å²) in [4.78, 5) is 4.33. The number of rotatable bonds is 1. The van der Waals surface area contributed by atoms with Crippen molar-refractivity contribution in [2.45, 2.75) is 11.2 Å². The van der Waals surface area contributed by atoms with Gasteiger partial charge in [0, 0.05) is 11.9 Å². The lowest BCUT2D eigenvalue weighted by Crippen LogP contribution is -2.27. The monoisotopic (exact) mass is 219 g/mol. The van der Waals surface area contributed by atoms with E-state index in [9.17, 15) is 0 Å². The third-order valence-corrected chi connectivity index (χ3v) is 3.27. The van der Waals surface area contributed by atoms with Crippen LogP contribution in [0.3, 0.4) is 0 Å². The van der Waals surface area contributed by atoms with E-state index in [2.05, 4.69) is 20.6 Å². The molecule has 6 heteroatoms. The van der Waals surface area contributed by atoms with E-state index in [4.69, 9.17) is 0 Å². The summed E-state index contributed by atoms with van der Waals surface area (Å²) in [5, 5.41) is 8.72. The number of pyridine rings is 1. The van der Waals surface area contributed by atoms with Gasteiger partial charge < -0.3 is 5.43 Å². The summed E-state index contributed by atoms with van der Waals surface area (Å²) in [6.45, 7) is 0. The molecule has 1 aliphatic heterocycles. The molecule has 3 heterocycles. The summed E-state index contributed by atoms with van der Waals surface area (Å²) in [7, 11) is 0. The maximum atomic E-state index is 4.33. The van der Waals surface area contributed by atoms with Gasteiger partial charge in [-0.25, -0.2) is 4.68 Å². The van der Waals surface area contributed by atoms with Gasteiger partial charge in [-0.3, -0.25) is 4.98 Å². The summed E-state index contributed by atoms with van der Waals surface area (Å²) < 4.78 is 1.84. The van der Waals surface area contributed by atoms with Crippen LogP contribution in [0.25, 0.3) is 0 Å². The molecule has 0 spiro atoms. The summed E-state index contributed by atoms with van der Waals surface area (Å²) in [5.41, 5.74) is 4.35. The number of aromatic nitrogens is 4. The first-order valence-corrected chi connectivity index (χ1v) is 5.62. The van der Waals surface area contributed by atoms with Crippen molar-refractivity contribution >= 4 is 11.8 Å². The molecule has 0 aliphatic carbocycles. The molecule has 5 nitrogen and oxygen atoms in total. The Balaban J connectivity index is 1.88. The van der Waals surface area contributed by atoms with Crippen molar-refractivity contribution in [2.75, 3.05) is 11.2 Å². The maximum absolute atomic E-state index is 4.33. The molecule has 0 saturated heterocycles. The van der Waals surface area contributed by atoms with Crippen LogP contribution < -0.4 is 5.43 Å². The number of thioether (sulfide) groups is 1. The molecule has 1 aliphatic rings. The van der Waals surface area contributed by atoms with Gasteiger partial charge in [0.25, 0.3) is 0 Å². The minimum Gasteiger partial charge on any atom is -0.313 e. The Bertz CT molecular complexity index is 455. The normalized spacial score (nSPS) is 19.3. The highest BCUT2D eigenvalue weighted by molar-refractivity contribution is 7.99. The second-order valence-corrected chi connectivity index (χ2v) is 4.22. The Kier molecular flexibility index (Phi) is 2.06. The Morgan fingerprint density at radius 1 is 1.47 bits per heavy atom. The maximum Gasteiger partial charge on any atom is 0.209 e. The van der Waals surface area contributed by atoms with Crippen molar-refractivity contribution in [3.8, 4) is 0 Å². The number of hydrogen-bond donors (Lipinski definition) is 1. The predicted molar refractivity (Wildman–Crippen MR) is 57.1 cm³/mol. The third kappa shape index (κ3) is 1.56. The Labute approximate surface area is 90.9 Å². The van der Waals surface area contributed by atoms with Crippen molar-refractivity contribution in [3.05, 3.63) is 36.4 Å². The Morgan fingerprint density at radius 3 is 3.33 bits per heavy atom. The molecule has 0 radical (unpaired) electrons. The predicted octanol–water partition coefficient (Wildman–Crippen LogP) is 1.06. The molecule has 1 N–H and O–H groups in total. The molecule has 0 amide bonds. The SMILES string of the molecule is c1ccc(C2CSc3nncn3N2)nc1. The highest BCUT2D eigenvalue weighted by Gasteiger charge is 2.21. The molecule has 0 fully saturated rings. The van der Waals surface area contributed by atoms with Gasteiger partial charge >= 0.3 is 0 Å². The molecule has 0 saturated carbocycles. The lowest BCUT2D eigenvalue weighted by Gasteiger charge is -2.24. The zero-order valence-electron chi connectivity index (χ0n) is 7.87. The van der Waals surface area contributed by atoms with Crippen LogP contribution in [0, 0.1) is 0 Å². The molecule has 2 aromatic heterocycles. The minimum absolute atomic E-state index is 0.222. The summed E-state index contributed by atoms with van der Waals surface area (Å²) in [6, 6.07) is 6.16. The van der Waals surface area contributed by atoms with E-state index < -0.39 is 0 Å². The second-order valence-electron chi connectivity index (χ2n) is 3.23. The van der Waals surface area contributed by atoms with Crippen molar-refractivity contribution < 1.29 is 0 Å². The molecule has 2 aromatic rings. The number of nitrogens with one attached hydrogen (secondary N) is 1. The Hall–Kier alpha value is -1.56. The molecule has 3 rings (SSSR count). The van der Waals surface area contributed by atoms with Crippen LogP contribution in [-0.2, 0) is 0 Å². The van der Waals surface area contributed by atoms with E-state index in [-0.39, 0.29) is 6.04 Å². The van der Waals surface area contributed by atoms with E-state index in [0.29, 0.717) is 0 Å². The first-order chi connectivity index (χ1) is 7.43. The molecular formula is C9H9N5S. The van der Waals surface area contributed by atoms with Gasteiger partial charge in [-0.15, -0.1) is 10.2 Å². The fraction of sp³-hybridized carbons (Fsp3) is 0.222. The molecule has 76 valence electrons. The Morgan fingerprint density at radius 2 is 2.47 bits per heavy atom. The molecule has 0 bridgehead atoms. The van der Waals surface area contributed by atoms with Gasteiger partial charge in [0.2, 0.25) is 5.16 Å². The molecule has 1 unspecified atom stereocenters. The zero-order chi connectivity index (χ0) is 10.1. The van der Waals surface area contributed by atoms with E-state index in [1.807, 2.05) is 29.1 Å². The fourth-order valence-electron chi connectivity index (χ4n) is 1.51. The fourth-order valence-corrected chi connectivity index (χ4v) is 2.41. The van der Waals surface area contributed by atoms with Crippen LogP contribution in [0.5, 0.6) is 0 Å².